The highest BCUT2D eigenvalue weighted by atomic mass is 32.2. The summed E-state index contributed by atoms with van der Waals surface area (Å²) < 4.78 is 34.0. The van der Waals surface area contributed by atoms with Crippen molar-refractivity contribution in [2.75, 3.05) is 6.54 Å². The molecule has 28 heavy (non-hydrogen) atoms. The number of benzene rings is 2. The summed E-state index contributed by atoms with van der Waals surface area (Å²) >= 11 is 0. The maximum atomic E-state index is 13.2. The van der Waals surface area contributed by atoms with Gasteiger partial charge in [0, 0.05) is 6.54 Å². The van der Waals surface area contributed by atoms with Crippen molar-refractivity contribution in [1.82, 2.24) is 19.5 Å². The standard InChI is InChI=1S/C20H22N4O3S/c1-15-21-20(23-22-15)19-12-17(27-14-16-8-4-2-5-9-16)13-24(19)28(25,26)18-10-6-3-7-11-18/h2-11,17,19H,12-14H2,1H3,(H,21,22,23)/t17-,19-/m0/s1. The number of nitrogens with one attached hydrogen (secondary N) is 1. The summed E-state index contributed by atoms with van der Waals surface area (Å²) in [5, 5.41) is 7.02. The highest BCUT2D eigenvalue weighted by Gasteiger charge is 2.43. The topological polar surface area (TPSA) is 88.2 Å². The molecule has 0 bridgehead atoms. The minimum Gasteiger partial charge on any atom is -0.372 e. The van der Waals surface area contributed by atoms with Gasteiger partial charge in [-0.15, -0.1) is 0 Å². The lowest BCUT2D eigenvalue weighted by atomic mass is 10.2. The van der Waals surface area contributed by atoms with Gasteiger partial charge in [0.05, 0.1) is 23.6 Å². The molecule has 146 valence electrons. The van der Waals surface area contributed by atoms with Crippen LogP contribution in [-0.4, -0.2) is 40.6 Å². The van der Waals surface area contributed by atoms with Gasteiger partial charge in [0.25, 0.3) is 0 Å². The number of hydrogen-bond donors (Lipinski definition) is 1. The zero-order chi connectivity index (χ0) is 19.6. The third-order valence-electron chi connectivity index (χ3n) is 4.81. The Bertz CT molecular complexity index is 1020. The van der Waals surface area contributed by atoms with Crippen LogP contribution in [0, 0.1) is 6.92 Å². The summed E-state index contributed by atoms with van der Waals surface area (Å²) in [6, 6.07) is 17.8. The molecule has 7 nitrogen and oxygen atoms in total. The molecule has 0 unspecified atom stereocenters. The monoisotopic (exact) mass is 398 g/mol. The smallest absolute Gasteiger partial charge is 0.243 e. The molecule has 0 spiro atoms. The van der Waals surface area contributed by atoms with E-state index in [0.29, 0.717) is 24.7 Å². The average molecular weight is 398 g/mol. The molecule has 1 aliphatic rings. The normalized spacial score (nSPS) is 20.5. The molecule has 0 radical (unpaired) electrons. The molecule has 0 aliphatic carbocycles. The van der Waals surface area contributed by atoms with Crippen molar-refractivity contribution >= 4 is 10.0 Å². The van der Waals surface area contributed by atoms with E-state index in [1.165, 1.54) is 4.31 Å². The van der Waals surface area contributed by atoms with E-state index in [1.54, 1.807) is 37.3 Å². The Kier molecular flexibility index (Phi) is 5.25. The first-order valence-electron chi connectivity index (χ1n) is 9.15. The van der Waals surface area contributed by atoms with E-state index >= 15 is 0 Å². The van der Waals surface area contributed by atoms with E-state index in [1.807, 2.05) is 30.3 Å². The lowest BCUT2D eigenvalue weighted by Crippen LogP contribution is -2.32. The van der Waals surface area contributed by atoms with E-state index in [-0.39, 0.29) is 17.5 Å². The maximum absolute atomic E-state index is 13.2. The van der Waals surface area contributed by atoms with Crippen molar-refractivity contribution in [2.24, 2.45) is 0 Å². The van der Waals surface area contributed by atoms with Gasteiger partial charge in [-0.2, -0.15) is 9.40 Å². The number of ether oxygens (including phenoxy) is 1. The van der Waals surface area contributed by atoms with Gasteiger partial charge in [-0.1, -0.05) is 48.5 Å². The van der Waals surface area contributed by atoms with Crippen LogP contribution in [0.25, 0.3) is 0 Å². The van der Waals surface area contributed by atoms with Crippen molar-refractivity contribution in [1.29, 1.82) is 0 Å². The van der Waals surface area contributed by atoms with E-state index in [9.17, 15) is 8.42 Å². The van der Waals surface area contributed by atoms with E-state index in [4.69, 9.17) is 4.74 Å². The van der Waals surface area contributed by atoms with Crippen LogP contribution in [0.2, 0.25) is 0 Å². The second-order valence-corrected chi connectivity index (χ2v) is 8.73. The van der Waals surface area contributed by atoms with Gasteiger partial charge >= 0.3 is 0 Å². The molecular formula is C20H22N4O3S. The van der Waals surface area contributed by atoms with Gasteiger partial charge in [0.2, 0.25) is 10.0 Å². The predicted molar refractivity (Wildman–Crippen MR) is 104 cm³/mol. The Labute approximate surface area is 164 Å². The fraction of sp³-hybridized carbons (Fsp3) is 0.300. The molecule has 1 saturated heterocycles. The number of rotatable bonds is 6. The number of hydrogen-bond acceptors (Lipinski definition) is 5. The molecule has 1 N–H and O–H groups in total. The molecule has 1 aromatic heterocycles. The Morgan fingerprint density at radius 1 is 1.11 bits per heavy atom. The summed E-state index contributed by atoms with van der Waals surface area (Å²) in [5.74, 6) is 1.13. The molecule has 0 saturated carbocycles. The Morgan fingerprint density at radius 3 is 2.43 bits per heavy atom. The fourth-order valence-corrected chi connectivity index (χ4v) is 5.06. The fourth-order valence-electron chi connectivity index (χ4n) is 3.41. The zero-order valence-corrected chi connectivity index (χ0v) is 16.3. The van der Waals surface area contributed by atoms with E-state index in [2.05, 4.69) is 15.2 Å². The summed E-state index contributed by atoms with van der Waals surface area (Å²) in [7, 11) is -3.68. The van der Waals surface area contributed by atoms with Gasteiger partial charge in [0.15, 0.2) is 5.82 Å². The first-order chi connectivity index (χ1) is 13.5. The highest BCUT2D eigenvalue weighted by molar-refractivity contribution is 7.89. The lowest BCUT2D eigenvalue weighted by molar-refractivity contribution is 0.0501. The number of H-pyrrole nitrogens is 1. The molecule has 2 aromatic carbocycles. The van der Waals surface area contributed by atoms with Crippen LogP contribution in [0.3, 0.4) is 0 Å². The minimum absolute atomic E-state index is 0.234. The molecular weight excluding hydrogens is 376 g/mol. The van der Waals surface area contributed by atoms with Crippen molar-refractivity contribution in [3.8, 4) is 0 Å². The second-order valence-electron chi connectivity index (χ2n) is 6.84. The van der Waals surface area contributed by atoms with Crippen LogP contribution in [0.5, 0.6) is 0 Å². The molecule has 2 heterocycles. The van der Waals surface area contributed by atoms with Gasteiger partial charge in [0.1, 0.15) is 5.82 Å². The highest BCUT2D eigenvalue weighted by Crippen LogP contribution is 2.36. The van der Waals surface area contributed by atoms with Gasteiger partial charge in [-0.3, -0.25) is 5.10 Å². The predicted octanol–water partition coefficient (Wildman–Crippen LogP) is 2.83. The number of aromatic amines is 1. The van der Waals surface area contributed by atoms with Gasteiger partial charge in [-0.25, -0.2) is 13.4 Å². The largest absolute Gasteiger partial charge is 0.372 e. The number of aromatic nitrogens is 3. The van der Waals surface area contributed by atoms with Crippen LogP contribution in [0.15, 0.2) is 65.6 Å². The van der Waals surface area contributed by atoms with Crippen molar-refractivity contribution in [3.63, 3.8) is 0 Å². The molecule has 1 aliphatic heterocycles. The SMILES string of the molecule is Cc1nc([C@@H]2C[C@H](OCc3ccccc3)CN2S(=O)(=O)c2ccccc2)n[nH]1. The number of sulfonamides is 1. The molecule has 4 rings (SSSR count). The Morgan fingerprint density at radius 2 is 1.79 bits per heavy atom. The summed E-state index contributed by atoms with van der Waals surface area (Å²) in [6.07, 6.45) is 0.276. The van der Waals surface area contributed by atoms with Crippen LogP contribution < -0.4 is 0 Å². The first-order valence-corrected chi connectivity index (χ1v) is 10.6. The molecule has 2 atom stereocenters. The summed E-state index contributed by atoms with van der Waals surface area (Å²) in [4.78, 5) is 4.63. The number of aryl methyl sites for hydroxylation is 1. The van der Waals surface area contributed by atoms with Crippen molar-refractivity contribution < 1.29 is 13.2 Å². The summed E-state index contributed by atoms with van der Waals surface area (Å²) in [5.41, 5.74) is 1.05. The maximum Gasteiger partial charge on any atom is 0.243 e. The quantitative estimate of drug-likeness (QED) is 0.690. The Balaban J connectivity index is 1.59. The first kappa shape index (κ1) is 18.8. The number of nitrogens with zero attached hydrogens (tertiary/aromatic N) is 3. The average Bonchev–Trinajstić information content (AvgIpc) is 3.34. The molecule has 0 amide bonds. The third-order valence-corrected chi connectivity index (χ3v) is 6.70. The van der Waals surface area contributed by atoms with Gasteiger partial charge < -0.3 is 4.74 Å². The van der Waals surface area contributed by atoms with Crippen LogP contribution >= 0.6 is 0 Å². The van der Waals surface area contributed by atoms with E-state index < -0.39 is 16.1 Å². The third kappa shape index (κ3) is 3.84. The molecule has 3 aromatic rings. The lowest BCUT2D eigenvalue weighted by Gasteiger charge is -2.21. The van der Waals surface area contributed by atoms with Crippen LogP contribution in [0.4, 0.5) is 0 Å². The van der Waals surface area contributed by atoms with Crippen molar-refractivity contribution in [2.45, 2.75) is 37.0 Å². The van der Waals surface area contributed by atoms with Crippen molar-refractivity contribution in [3.05, 3.63) is 77.9 Å². The molecule has 1 fully saturated rings. The Hall–Kier alpha value is -2.55. The van der Waals surface area contributed by atoms with E-state index in [0.717, 1.165) is 5.56 Å². The minimum atomic E-state index is -3.68. The zero-order valence-electron chi connectivity index (χ0n) is 15.5. The second kappa shape index (κ2) is 7.83. The van der Waals surface area contributed by atoms with Gasteiger partial charge in [-0.05, 0) is 31.0 Å². The van der Waals surface area contributed by atoms with Crippen LogP contribution in [-0.2, 0) is 21.4 Å². The van der Waals surface area contributed by atoms with Crippen LogP contribution in [0.1, 0.15) is 29.7 Å². The summed E-state index contributed by atoms with van der Waals surface area (Å²) in [6.45, 7) is 2.50. The molecule has 8 heteroatoms.